The molecule has 0 aromatic heterocycles. The highest BCUT2D eigenvalue weighted by Gasteiger charge is 2.14. The van der Waals surface area contributed by atoms with Gasteiger partial charge in [-0.1, -0.05) is 48.5 Å². The van der Waals surface area contributed by atoms with Crippen LogP contribution in [0.2, 0.25) is 0 Å². The molecule has 1 atom stereocenters. The van der Waals surface area contributed by atoms with Crippen LogP contribution in [0.25, 0.3) is 10.8 Å². The fraction of sp³-hybridized carbons (Fsp3) is 0.107. The summed E-state index contributed by atoms with van der Waals surface area (Å²) < 4.78 is 11.2. The van der Waals surface area contributed by atoms with Crippen LogP contribution in [-0.2, 0) is 4.79 Å². The number of amides is 1. The number of carbonyl (C=O) groups is 2. The predicted octanol–water partition coefficient (Wildman–Crippen LogP) is 5.29. The highest BCUT2D eigenvalue weighted by atomic mass is 16.5. The molecule has 0 bridgehead atoms. The molecule has 170 valence electrons. The van der Waals surface area contributed by atoms with Gasteiger partial charge >= 0.3 is 5.97 Å². The number of fused-ring (bicyclic) bond motifs is 1. The fourth-order valence-electron chi connectivity index (χ4n) is 3.35. The lowest BCUT2D eigenvalue weighted by molar-refractivity contribution is -0.127. The monoisotopic (exact) mass is 452 g/mol. The highest BCUT2D eigenvalue weighted by molar-refractivity contribution is 5.92. The molecule has 4 rings (SSSR count). The fourth-order valence-corrected chi connectivity index (χ4v) is 3.35. The molecule has 0 unspecified atom stereocenters. The zero-order valence-electron chi connectivity index (χ0n) is 18.9. The van der Waals surface area contributed by atoms with Gasteiger partial charge in [0, 0.05) is 0 Å². The average Bonchev–Trinajstić information content (AvgIpc) is 2.85. The number of nitrogens with zero attached hydrogens (tertiary/aromatic N) is 1. The number of esters is 1. The normalized spacial score (nSPS) is 11.8. The van der Waals surface area contributed by atoms with E-state index in [0.717, 1.165) is 21.9 Å². The van der Waals surface area contributed by atoms with Crippen LogP contribution >= 0.6 is 0 Å². The summed E-state index contributed by atoms with van der Waals surface area (Å²) in [5, 5.41) is 6.14. The van der Waals surface area contributed by atoms with Crippen LogP contribution in [-0.4, -0.2) is 24.2 Å². The Kier molecular flexibility index (Phi) is 6.98. The van der Waals surface area contributed by atoms with E-state index in [0.29, 0.717) is 17.1 Å². The molecule has 0 heterocycles. The number of rotatable bonds is 7. The SMILES string of the molecule is Cc1ccccc1C(=O)Oc1ccc(/C=N\NC(=O)[C@@H](C)Oc2ccc3ccccc3c2)cc1. The molecule has 0 saturated carbocycles. The van der Waals surface area contributed by atoms with Crippen LogP contribution in [0, 0.1) is 6.92 Å². The van der Waals surface area contributed by atoms with Gasteiger partial charge in [0.1, 0.15) is 11.5 Å². The molecule has 4 aromatic rings. The Morgan fingerprint density at radius 3 is 2.29 bits per heavy atom. The summed E-state index contributed by atoms with van der Waals surface area (Å²) in [7, 11) is 0. The van der Waals surface area contributed by atoms with Crippen molar-refractivity contribution in [2.75, 3.05) is 0 Å². The number of carbonyl (C=O) groups excluding carboxylic acids is 2. The Morgan fingerprint density at radius 2 is 1.53 bits per heavy atom. The van der Waals surface area contributed by atoms with Gasteiger partial charge in [-0.2, -0.15) is 5.10 Å². The molecular formula is C28H24N2O4. The smallest absolute Gasteiger partial charge is 0.343 e. The first-order valence-corrected chi connectivity index (χ1v) is 10.9. The van der Waals surface area contributed by atoms with Gasteiger partial charge in [0.15, 0.2) is 6.10 Å². The maximum absolute atomic E-state index is 12.3. The first-order chi connectivity index (χ1) is 16.5. The van der Waals surface area contributed by atoms with E-state index >= 15 is 0 Å². The van der Waals surface area contributed by atoms with E-state index in [-0.39, 0.29) is 5.91 Å². The second-order valence-electron chi connectivity index (χ2n) is 7.78. The summed E-state index contributed by atoms with van der Waals surface area (Å²) in [5.74, 6) is 0.258. The van der Waals surface area contributed by atoms with Gasteiger partial charge in [0.25, 0.3) is 5.91 Å². The summed E-state index contributed by atoms with van der Waals surface area (Å²) in [6, 6.07) is 27.7. The van der Waals surface area contributed by atoms with Crippen LogP contribution in [0.4, 0.5) is 0 Å². The summed E-state index contributed by atoms with van der Waals surface area (Å²) in [6.45, 7) is 3.52. The van der Waals surface area contributed by atoms with Gasteiger partial charge in [-0.15, -0.1) is 0 Å². The third kappa shape index (κ3) is 5.66. The number of ether oxygens (including phenoxy) is 2. The van der Waals surface area contributed by atoms with E-state index in [4.69, 9.17) is 9.47 Å². The van der Waals surface area contributed by atoms with Crippen LogP contribution < -0.4 is 14.9 Å². The molecule has 0 spiro atoms. The van der Waals surface area contributed by atoms with Crippen molar-refractivity contribution in [3.8, 4) is 11.5 Å². The second kappa shape index (κ2) is 10.4. The number of nitrogens with one attached hydrogen (secondary N) is 1. The molecule has 1 N–H and O–H groups in total. The molecule has 6 heteroatoms. The minimum absolute atomic E-state index is 0.367. The van der Waals surface area contributed by atoms with E-state index in [1.165, 1.54) is 6.21 Å². The van der Waals surface area contributed by atoms with Crippen LogP contribution in [0.15, 0.2) is 96.1 Å². The van der Waals surface area contributed by atoms with Gasteiger partial charge in [-0.3, -0.25) is 4.79 Å². The Hall–Kier alpha value is -4.45. The van der Waals surface area contributed by atoms with Crippen LogP contribution in [0.5, 0.6) is 11.5 Å². The van der Waals surface area contributed by atoms with Crippen molar-refractivity contribution < 1.29 is 19.1 Å². The molecule has 4 aromatic carbocycles. The molecule has 0 aliphatic heterocycles. The molecule has 0 aliphatic carbocycles. The van der Waals surface area contributed by atoms with E-state index in [1.807, 2.05) is 61.5 Å². The van der Waals surface area contributed by atoms with Crippen LogP contribution in [0.1, 0.15) is 28.4 Å². The van der Waals surface area contributed by atoms with Gasteiger partial charge in [-0.25, -0.2) is 10.2 Å². The maximum Gasteiger partial charge on any atom is 0.343 e. The number of hydrogen-bond donors (Lipinski definition) is 1. The van der Waals surface area contributed by atoms with E-state index < -0.39 is 12.1 Å². The van der Waals surface area contributed by atoms with Crippen molar-refractivity contribution in [2.24, 2.45) is 5.10 Å². The number of hydrazone groups is 1. The molecule has 0 aliphatic rings. The quantitative estimate of drug-likeness (QED) is 0.179. The molecule has 0 saturated heterocycles. The van der Waals surface area contributed by atoms with E-state index in [9.17, 15) is 9.59 Å². The third-order valence-corrected chi connectivity index (χ3v) is 5.25. The Balaban J connectivity index is 1.29. The van der Waals surface area contributed by atoms with Crippen molar-refractivity contribution in [3.05, 3.63) is 108 Å². The largest absolute Gasteiger partial charge is 0.481 e. The van der Waals surface area contributed by atoms with Crippen molar-refractivity contribution in [3.63, 3.8) is 0 Å². The van der Waals surface area contributed by atoms with Crippen LogP contribution in [0.3, 0.4) is 0 Å². The predicted molar refractivity (Wildman–Crippen MR) is 132 cm³/mol. The number of benzene rings is 4. The summed E-state index contributed by atoms with van der Waals surface area (Å²) in [5.41, 5.74) is 4.59. The topological polar surface area (TPSA) is 77.0 Å². The zero-order valence-corrected chi connectivity index (χ0v) is 18.9. The summed E-state index contributed by atoms with van der Waals surface area (Å²) in [6.07, 6.45) is 0.787. The Morgan fingerprint density at radius 1 is 0.853 bits per heavy atom. The minimum atomic E-state index is -0.721. The van der Waals surface area contributed by atoms with E-state index in [1.54, 1.807) is 43.3 Å². The Labute approximate surface area is 197 Å². The van der Waals surface area contributed by atoms with E-state index in [2.05, 4.69) is 10.5 Å². The van der Waals surface area contributed by atoms with Gasteiger partial charge in [-0.05, 0) is 78.2 Å². The Bertz CT molecular complexity index is 1350. The molecule has 34 heavy (non-hydrogen) atoms. The summed E-state index contributed by atoms with van der Waals surface area (Å²) in [4.78, 5) is 24.6. The van der Waals surface area contributed by atoms with Gasteiger partial charge in [0.2, 0.25) is 0 Å². The van der Waals surface area contributed by atoms with Crippen molar-refractivity contribution >= 4 is 28.9 Å². The van der Waals surface area contributed by atoms with Crippen molar-refractivity contribution in [2.45, 2.75) is 20.0 Å². The molecule has 0 radical (unpaired) electrons. The maximum atomic E-state index is 12.3. The van der Waals surface area contributed by atoms with Crippen molar-refractivity contribution in [1.82, 2.24) is 5.43 Å². The standard InChI is InChI=1S/C28H24N2O4/c1-19-7-3-6-10-26(19)28(32)34-24-14-11-21(12-15-24)18-29-30-27(31)20(2)33-25-16-13-22-8-4-5-9-23(22)17-25/h3-18,20H,1-2H3,(H,30,31)/b29-18-/t20-/m1/s1. The first kappa shape index (κ1) is 22.7. The molecule has 0 fully saturated rings. The highest BCUT2D eigenvalue weighted by Crippen LogP contribution is 2.21. The zero-order chi connectivity index (χ0) is 23.9. The summed E-state index contributed by atoms with van der Waals surface area (Å²) >= 11 is 0. The molecule has 6 nitrogen and oxygen atoms in total. The lowest BCUT2D eigenvalue weighted by Crippen LogP contribution is -2.33. The first-order valence-electron chi connectivity index (χ1n) is 10.9. The van der Waals surface area contributed by atoms with Gasteiger partial charge in [0.05, 0.1) is 11.8 Å². The van der Waals surface area contributed by atoms with Gasteiger partial charge < -0.3 is 9.47 Å². The third-order valence-electron chi connectivity index (χ3n) is 5.25. The molecular weight excluding hydrogens is 428 g/mol. The number of hydrogen-bond acceptors (Lipinski definition) is 5. The molecule has 1 amide bonds. The average molecular weight is 453 g/mol. The lowest BCUT2D eigenvalue weighted by Gasteiger charge is -2.13. The lowest BCUT2D eigenvalue weighted by atomic mass is 10.1. The second-order valence-corrected chi connectivity index (χ2v) is 7.78. The van der Waals surface area contributed by atoms with Crippen molar-refractivity contribution in [1.29, 1.82) is 0 Å². The minimum Gasteiger partial charge on any atom is -0.481 e. The number of aryl methyl sites for hydroxylation is 1.